The van der Waals surface area contributed by atoms with Crippen LogP contribution in [0.5, 0.6) is 5.75 Å². The molecule has 6 nitrogen and oxygen atoms in total. The van der Waals surface area contributed by atoms with Gasteiger partial charge in [-0.1, -0.05) is 11.8 Å². The second-order valence-electron chi connectivity index (χ2n) is 3.69. The standard InChI is InChI=1S/C12H13N3O3S/c1-13-10(17)6-7-19-12-15-14-11(18-12)8-2-4-9(16)5-3-8/h2-5,16H,6-7H2,1H3,(H,13,17). The first-order valence-corrected chi connectivity index (χ1v) is 6.64. The number of phenols is 1. The lowest BCUT2D eigenvalue weighted by atomic mass is 10.2. The number of hydrogen-bond donors (Lipinski definition) is 2. The topological polar surface area (TPSA) is 88.2 Å². The van der Waals surface area contributed by atoms with Gasteiger partial charge >= 0.3 is 0 Å². The van der Waals surface area contributed by atoms with Crippen molar-refractivity contribution in [3.63, 3.8) is 0 Å². The van der Waals surface area contributed by atoms with E-state index in [2.05, 4.69) is 15.5 Å². The number of aromatic nitrogens is 2. The van der Waals surface area contributed by atoms with Crippen LogP contribution < -0.4 is 5.32 Å². The summed E-state index contributed by atoms with van der Waals surface area (Å²) >= 11 is 1.33. The second-order valence-corrected chi connectivity index (χ2v) is 4.74. The van der Waals surface area contributed by atoms with Crippen molar-refractivity contribution in [3.05, 3.63) is 24.3 Å². The highest BCUT2D eigenvalue weighted by molar-refractivity contribution is 7.99. The molecule has 1 heterocycles. The van der Waals surface area contributed by atoms with Crippen molar-refractivity contribution in [3.8, 4) is 17.2 Å². The van der Waals surface area contributed by atoms with Crippen LogP contribution in [-0.2, 0) is 4.79 Å². The fourth-order valence-corrected chi connectivity index (χ4v) is 2.04. The molecule has 19 heavy (non-hydrogen) atoms. The van der Waals surface area contributed by atoms with Gasteiger partial charge in [-0.25, -0.2) is 0 Å². The van der Waals surface area contributed by atoms with Gasteiger partial charge in [0.1, 0.15) is 5.75 Å². The van der Waals surface area contributed by atoms with Gasteiger partial charge in [0, 0.05) is 24.8 Å². The summed E-state index contributed by atoms with van der Waals surface area (Å²) in [5, 5.41) is 20.0. The molecule has 2 aromatic rings. The van der Waals surface area contributed by atoms with E-state index in [1.165, 1.54) is 11.8 Å². The molecule has 0 atom stereocenters. The van der Waals surface area contributed by atoms with E-state index < -0.39 is 0 Å². The number of hydrogen-bond acceptors (Lipinski definition) is 6. The number of phenolic OH excluding ortho intramolecular Hbond substituents is 1. The molecule has 1 aromatic carbocycles. The molecule has 1 aromatic heterocycles. The number of amides is 1. The highest BCUT2D eigenvalue weighted by Crippen LogP contribution is 2.24. The van der Waals surface area contributed by atoms with E-state index in [4.69, 9.17) is 4.42 Å². The molecular formula is C12H13N3O3S. The van der Waals surface area contributed by atoms with Gasteiger partial charge in [-0.3, -0.25) is 4.79 Å². The van der Waals surface area contributed by atoms with Crippen LogP contribution in [0.25, 0.3) is 11.5 Å². The van der Waals surface area contributed by atoms with Crippen molar-refractivity contribution >= 4 is 17.7 Å². The molecule has 0 aliphatic carbocycles. The van der Waals surface area contributed by atoms with E-state index in [1.54, 1.807) is 31.3 Å². The summed E-state index contributed by atoms with van der Waals surface area (Å²) in [5.74, 6) is 1.13. The minimum Gasteiger partial charge on any atom is -0.508 e. The van der Waals surface area contributed by atoms with Crippen LogP contribution in [0.15, 0.2) is 33.9 Å². The van der Waals surface area contributed by atoms with Crippen LogP contribution in [0.4, 0.5) is 0 Å². The molecule has 0 saturated heterocycles. The molecule has 1 amide bonds. The van der Waals surface area contributed by atoms with Crippen molar-refractivity contribution < 1.29 is 14.3 Å². The molecule has 2 rings (SSSR count). The molecule has 0 fully saturated rings. The van der Waals surface area contributed by atoms with E-state index in [0.717, 1.165) is 5.56 Å². The summed E-state index contributed by atoms with van der Waals surface area (Å²) in [6.07, 6.45) is 0.401. The first kappa shape index (κ1) is 13.4. The molecule has 0 unspecified atom stereocenters. The fourth-order valence-electron chi connectivity index (χ4n) is 1.34. The summed E-state index contributed by atoms with van der Waals surface area (Å²) in [5.41, 5.74) is 0.739. The quantitative estimate of drug-likeness (QED) is 0.809. The first-order valence-electron chi connectivity index (χ1n) is 5.65. The number of carbonyl (C=O) groups is 1. The van der Waals surface area contributed by atoms with E-state index in [-0.39, 0.29) is 11.7 Å². The third kappa shape index (κ3) is 3.72. The van der Waals surface area contributed by atoms with Crippen LogP contribution in [0.1, 0.15) is 6.42 Å². The summed E-state index contributed by atoms with van der Waals surface area (Å²) < 4.78 is 5.45. The predicted octanol–water partition coefficient (Wildman–Crippen LogP) is 1.67. The van der Waals surface area contributed by atoms with Gasteiger partial charge in [-0.05, 0) is 24.3 Å². The largest absolute Gasteiger partial charge is 0.508 e. The summed E-state index contributed by atoms with van der Waals surface area (Å²) in [7, 11) is 1.60. The summed E-state index contributed by atoms with van der Waals surface area (Å²) in [4.78, 5) is 11.0. The third-order valence-corrected chi connectivity index (χ3v) is 3.17. The monoisotopic (exact) mass is 279 g/mol. The normalized spacial score (nSPS) is 10.4. The van der Waals surface area contributed by atoms with Crippen molar-refractivity contribution in [2.75, 3.05) is 12.8 Å². The van der Waals surface area contributed by atoms with Gasteiger partial charge in [0.05, 0.1) is 0 Å². The van der Waals surface area contributed by atoms with Gasteiger partial charge in [0.25, 0.3) is 5.22 Å². The Kier molecular flexibility index (Phi) is 4.40. The third-order valence-electron chi connectivity index (χ3n) is 2.35. The van der Waals surface area contributed by atoms with E-state index in [9.17, 15) is 9.90 Å². The minimum absolute atomic E-state index is 0.0224. The fraction of sp³-hybridized carbons (Fsp3) is 0.250. The number of benzene rings is 1. The maximum Gasteiger partial charge on any atom is 0.276 e. The zero-order valence-corrected chi connectivity index (χ0v) is 11.1. The lowest BCUT2D eigenvalue weighted by molar-refractivity contribution is -0.120. The smallest absolute Gasteiger partial charge is 0.276 e. The zero-order chi connectivity index (χ0) is 13.7. The number of carbonyl (C=O) groups excluding carboxylic acids is 1. The molecule has 0 spiro atoms. The Bertz CT molecular complexity index is 554. The Hall–Kier alpha value is -2.02. The SMILES string of the molecule is CNC(=O)CCSc1nnc(-c2ccc(O)cc2)o1. The van der Waals surface area contributed by atoms with Crippen LogP contribution in [0.3, 0.4) is 0 Å². The molecule has 7 heteroatoms. The van der Waals surface area contributed by atoms with Gasteiger partial charge in [0.2, 0.25) is 11.8 Å². The number of nitrogens with one attached hydrogen (secondary N) is 1. The first-order chi connectivity index (χ1) is 9.19. The molecule has 2 N–H and O–H groups in total. The summed E-state index contributed by atoms with van der Waals surface area (Å²) in [6.45, 7) is 0. The maximum atomic E-state index is 11.0. The van der Waals surface area contributed by atoms with Crippen molar-refractivity contribution in [1.29, 1.82) is 0 Å². The Balaban J connectivity index is 1.95. The Morgan fingerprint density at radius 2 is 2.11 bits per heavy atom. The number of rotatable bonds is 5. The molecule has 100 valence electrons. The highest BCUT2D eigenvalue weighted by atomic mass is 32.2. The Morgan fingerprint density at radius 3 is 2.79 bits per heavy atom. The predicted molar refractivity (Wildman–Crippen MR) is 70.8 cm³/mol. The molecule has 0 saturated carbocycles. The molecule has 0 aliphatic heterocycles. The van der Waals surface area contributed by atoms with E-state index >= 15 is 0 Å². The van der Waals surface area contributed by atoms with Crippen LogP contribution in [0.2, 0.25) is 0 Å². The number of nitrogens with zero attached hydrogens (tertiary/aromatic N) is 2. The molecule has 0 aliphatic rings. The van der Waals surface area contributed by atoms with Crippen LogP contribution in [-0.4, -0.2) is 34.0 Å². The van der Waals surface area contributed by atoms with E-state index in [1.807, 2.05) is 0 Å². The van der Waals surface area contributed by atoms with Gasteiger partial charge in [0.15, 0.2) is 0 Å². The average molecular weight is 279 g/mol. The van der Waals surface area contributed by atoms with Crippen LogP contribution >= 0.6 is 11.8 Å². The maximum absolute atomic E-state index is 11.0. The van der Waals surface area contributed by atoms with Crippen molar-refractivity contribution in [2.24, 2.45) is 0 Å². The number of aromatic hydroxyl groups is 1. The van der Waals surface area contributed by atoms with Crippen molar-refractivity contribution in [2.45, 2.75) is 11.6 Å². The lowest BCUT2D eigenvalue weighted by Gasteiger charge is -1.96. The minimum atomic E-state index is -0.0224. The van der Waals surface area contributed by atoms with Crippen LogP contribution in [0, 0.1) is 0 Å². The average Bonchev–Trinajstić information content (AvgIpc) is 2.88. The van der Waals surface area contributed by atoms with Gasteiger partial charge < -0.3 is 14.8 Å². The van der Waals surface area contributed by atoms with Gasteiger partial charge in [-0.2, -0.15) is 0 Å². The summed E-state index contributed by atoms with van der Waals surface area (Å²) in [6, 6.07) is 6.50. The molecular weight excluding hydrogens is 266 g/mol. The zero-order valence-electron chi connectivity index (χ0n) is 10.3. The second kappa shape index (κ2) is 6.24. The van der Waals surface area contributed by atoms with Crippen molar-refractivity contribution in [1.82, 2.24) is 15.5 Å². The molecule has 0 radical (unpaired) electrons. The molecule has 0 bridgehead atoms. The van der Waals surface area contributed by atoms with E-state index in [0.29, 0.717) is 23.3 Å². The highest BCUT2D eigenvalue weighted by Gasteiger charge is 2.09. The number of thioether (sulfide) groups is 1. The lowest BCUT2D eigenvalue weighted by Crippen LogP contribution is -2.17. The Morgan fingerprint density at radius 1 is 1.37 bits per heavy atom. The Labute approximate surface area is 114 Å². The van der Waals surface area contributed by atoms with Gasteiger partial charge in [-0.15, -0.1) is 10.2 Å².